The maximum atomic E-state index is 9.70. The Balaban J connectivity index is 2.29. The molecule has 0 spiro atoms. The van der Waals surface area contributed by atoms with Gasteiger partial charge >= 0.3 is 0 Å². The van der Waals surface area contributed by atoms with E-state index in [-0.39, 0.29) is 0 Å². The zero-order valence-corrected chi connectivity index (χ0v) is 8.70. The molecule has 0 saturated heterocycles. The van der Waals surface area contributed by atoms with Crippen molar-refractivity contribution < 1.29 is 5.11 Å². The van der Waals surface area contributed by atoms with Crippen molar-refractivity contribution in [2.24, 2.45) is 0 Å². The van der Waals surface area contributed by atoms with Crippen molar-refractivity contribution in [3.8, 4) is 0 Å². The van der Waals surface area contributed by atoms with Crippen LogP contribution in [-0.2, 0) is 6.54 Å². The van der Waals surface area contributed by atoms with Gasteiger partial charge in [-0.25, -0.2) is 0 Å². The van der Waals surface area contributed by atoms with E-state index in [9.17, 15) is 5.11 Å². The van der Waals surface area contributed by atoms with Crippen LogP contribution in [-0.4, -0.2) is 27.2 Å². The summed E-state index contributed by atoms with van der Waals surface area (Å²) >= 11 is 0. The SMILES string of the molecule is CCC(C)(O)CNCc1cnccn1. The van der Waals surface area contributed by atoms with Crippen molar-refractivity contribution in [3.05, 3.63) is 24.3 Å². The smallest absolute Gasteiger partial charge is 0.0741 e. The summed E-state index contributed by atoms with van der Waals surface area (Å²) in [6.07, 6.45) is 5.76. The predicted octanol–water partition coefficient (Wildman–Crippen LogP) is 0.727. The molecule has 0 aliphatic carbocycles. The predicted molar refractivity (Wildman–Crippen MR) is 54.7 cm³/mol. The van der Waals surface area contributed by atoms with Gasteiger partial charge in [0.2, 0.25) is 0 Å². The molecule has 0 fully saturated rings. The Labute approximate surface area is 84.4 Å². The Kier molecular flexibility index (Phi) is 3.98. The number of aromatic nitrogens is 2. The summed E-state index contributed by atoms with van der Waals surface area (Å²) in [4.78, 5) is 8.07. The molecule has 0 saturated carbocycles. The largest absolute Gasteiger partial charge is 0.389 e. The van der Waals surface area contributed by atoms with Crippen molar-refractivity contribution in [2.45, 2.75) is 32.4 Å². The average molecular weight is 195 g/mol. The molecule has 0 bridgehead atoms. The van der Waals surface area contributed by atoms with Crippen molar-refractivity contribution in [3.63, 3.8) is 0 Å². The van der Waals surface area contributed by atoms with Gasteiger partial charge in [0.15, 0.2) is 0 Å². The fraction of sp³-hybridized carbons (Fsp3) is 0.600. The van der Waals surface area contributed by atoms with Gasteiger partial charge in [0, 0.05) is 31.7 Å². The lowest BCUT2D eigenvalue weighted by atomic mass is 10.0. The summed E-state index contributed by atoms with van der Waals surface area (Å²) in [6.45, 7) is 4.99. The average Bonchev–Trinajstić information content (AvgIpc) is 2.19. The maximum absolute atomic E-state index is 9.70. The minimum Gasteiger partial charge on any atom is -0.389 e. The third-order valence-corrected chi connectivity index (χ3v) is 2.19. The third kappa shape index (κ3) is 3.81. The van der Waals surface area contributed by atoms with Crippen LogP contribution in [0.1, 0.15) is 26.0 Å². The molecule has 1 atom stereocenters. The van der Waals surface area contributed by atoms with Crippen molar-refractivity contribution in [1.29, 1.82) is 0 Å². The number of hydrogen-bond donors (Lipinski definition) is 2. The number of hydrogen-bond acceptors (Lipinski definition) is 4. The first-order valence-electron chi connectivity index (χ1n) is 4.82. The molecule has 1 aromatic heterocycles. The van der Waals surface area contributed by atoms with E-state index < -0.39 is 5.60 Å². The maximum Gasteiger partial charge on any atom is 0.0741 e. The monoisotopic (exact) mass is 195 g/mol. The van der Waals surface area contributed by atoms with E-state index in [0.717, 1.165) is 12.1 Å². The molecule has 1 heterocycles. The summed E-state index contributed by atoms with van der Waals surface area (Å²) in [7, 11) is 0. The van der Waals surface area contributed by atoms with Crippen LogP contribution in [0.2, 0.25) is 0 Å². The zero-order chi connectivity index (χ0) is 10.4. The molecule has 0 aromatic carbocycles. The molecule has 1 unspecified atom stereocenters. The summed E-state index contributed by atoms with van der Waals surface area (Å²) in [5, 5.41) is 12.8. The second kappa shape index (κ2) is 5.02. The molecule has 0 aliphatic rings. The molecule has 4 nitrogen and oxygen atoms in total. The fourth-order valence-corrected chi connectivity index (χ4v) is 1.01. The molecule has 4 heteroatoms. The molecule has 14 heavy (non-hydrogen) atoms. The quantitative estimate of drug-likeness (QED) is 0.727. The van der Waals surface area contributed by atoms with Crippen LogP contribution in [0.5, 0.6) is 0 Å². The Bertz CT molecular complexity index is 261. The van der Waals surface area contributed by atoms with Gasteiger partial charge in [-0.1, -0.05) is 6.92 Å². The molecule has 0 amide bonds. The topological polar surface area (TPSA) is 58.0 Å². The van der Waals surface area contributed by atoms with Crippen molar-refractivity contribution in [2.75, 3.05) is 6.54 Å². The molecular formula is C10H17N3O. The van der Waals surface area contributed by atoms with Gasteiger partial charge in [0.25, 0.3) is 0 Å². The van der Waals surface area contributed by atoms with Crippen LogP contribution in [0.4, 0.5) is 0 Å². The van der Waals surface area contributed by atoms with E-state index in [1.165, 1.54) is 0 Å². The van der Waals surface area contributed by atoms with Crippen molar-refractivity contribution >= 4 is 0 Å². The molecule has 1 aromatic rings. The Morgan fingerprint density at radius 2 is 2.29 bits per heavy atom. The van der Waals surface area contributed by atoms with E-state index in [1.54, 1.807) is 18.6 Å². The first-order chi connectivity index (χ1) is 6.64. The molecule has 0 radical (unpaired) electrons. The molecule has 78 valence electrons. The highest BCUT2D eigenvalue weighted by Crippen LogP contribution is 2.05. The van der Waals surface area contributed by atoms with Crippen LogP contribution in [0, 0.1) is 0 Å². The van der Waals surface area contributed by atoms with Crippen LogP contribution >= 0.6 is 0 Å². The van der Waals surface area contributed by atoms with Crippen LogP contribution < -0.4 is 5.32 Å². The van der Waals surface area contributed by atoms with E-state index in [1.807, 2.05) is 13.8 Å². The Hall–Kier alpha value is -1.00. The summed E-state index contributed by atoms with van der Waals surface area (Å²) in [5.41, 5.74) is 0.252. The highest BCUT2D eigenvalue weighted by Gasteiger charge is 2.16. The number of nitrogens with zero attached hydrogens (tertiary/aromatic N) is 2. The number of aliphatic hydroxyl groups is 1. The highest BCUT2D eigenvalue weighted by molar-refractivity contribution is 4.94. The number of rotatable bonds is 5. The molecule has 0 aliphatic heterocycles. The van der Waals surface area contributed by atoms with Crippen molar-refractivity contribution in [1.82, 2.24) is 15.3 Å². The van der Waals surface area contributed by atoms with Gasteiger partial charge in [-0.15, -0.1) is 0 Å². The van der Waals surface area contributed by atoms with Crippen LogP contribution in [0.15, 0.2) is 18.6 Å². The van der Waals surface area contributed by atoms with Crippen LogP contribution in [0.25, 0.3) is 0 Å². The van der Waals surface area contributed by atoms with Gasteiger partial charge in [0.1, 0.15) is 0 Å². The van der Waals surface area contributed by atoms with Gasteiger partial charge < -0.3 is 10.4 Å². The van der Waals surface area contributed by atoms with E-state index in [4.69, 9.17) is 0 Å². The lowest BCUT2D eigenvalue weighted by Crippen LogP contribution is -2.36. The Morgan fingerprint density at radius 3 is 2.86 bits per heavy atom. The minimum atomic E-state index is -0.637. The van der Waals surface area contributed by atoms with Crippen LogP contribution in [0.3, 0.4) is 0 Å². The number of nitrogens with one attached hydrogen (secondary N) is 1. The molecular weight excluding hydrogens is 178 g/mol. The lowest BCUT2D eigenvalue weighted by molar-refractivity contribution is 0.0555. The summed E-state index contributed by atoms with van der Waals surface area (Å²) in [6, 6.07) is 0. The van der Waals surface area contributed by atoms with Gasteiger partial charge in [-0.3, -0.25) is 9.97 Å². The third-order valence-electron chi connectivity index (χ3n) is 2.19. The van der Waals surface area contributed by atoms with Gasteiger partial charge in [0.05, 0.1) is 11.3 Å². The fourth-order valence-electron chi connectivity index (χ4n) is 1.01. The molecule has 2 N–H and O–H groups in total. The first-order valence-corrected chi connectivity index (χ1v) is 4.82. The standard InChI is InChI=1S/C10H17N3O/c1-3-10(2,14)8-12-7-9-6-11-4-5-13-9/h4-6,12,14H,3,7-8H2,1-2H3. The zero-order valence-electron chi connectivity index (χ0n) is 8.70. The second-order valence-corrected chi connectivity index (χ2v) is 3.65. The van der Waals surface area contributed by atoms with E-state index in [2.05, 4.69) is 15.3 Å². The van der Waals surface area contributed by atoms with Gasteiger partial charge in [-0.2, -0.15) is 0 Å². The van der Waals surface area contributed by atoms with E-state index >= 15 is 0 Å². The lowest BCUT2D eigenvalue weighted by Gasteiger charge is -2.21. The normalized spacial score (nSPS) is 15.1. The highest BCUT2D eigenvalue weighted by atomic mass is 16.3. The Morgan fingerprint density at radius 1 is 1.50 bits per heavy atom. The van der Waals surface area contributed by atoms with Gasteiger partial charge in [-0.05, 0) is 13.3 Å². The minimum absolute atomic E-state index is 0.570. The second-order valence-electron chi connectivity index (χ2n) is 3.65. The summed E-state index contributed by atoms with van der Waals surface area (Å²) in [5.74, 6) is 0. The summed E-state index contributed by atoms with van der Waals surface area (Å²) < 4.78 is 0. The first kappa shape index (κ1) is 11.1. The van der Waals surface area contributed by atoms with E-state index in [0.29, 0.717) is 13.1 Å². The molecule has 1 rings (SSSR count).